The summed E-state index contributed by atoms with van der Waals surface area (Å²) in [5, 5.41) is 10.7. The third-order valence-electron chi connectivity index (χ3n) is 3.18. The Morgan fingerprint density at radius 2 is 2.13 bits per heavy atom. The molecule has 2 N–H and O–H groups in total. The van der Waals surface area contributed by atoms with Crippen molar-refractivity contribution in [3.63, 3.8) is 0 Å². The van der Waals surface area contributed by atoms with Gasteiger partial charge in [0, 0.05) is 24.7 Å². The molecule has 0 unspecified atom stereocenters. The number of hydrogen-bond donors (Lipinski definition) is 2. The van der Waals surface area contributed by atoms with Crippen LogP contribution in [0, 0.1) is 6.92 Å². The highest BCUT2D eigenvalue weighted by Gasteiger charge is 2.11. The number of thiazole rings is 1. The number of aryl methyl sites for hydroxylation is 1. The molecule has 23 heavy (non-hydrogen) atoms. The van der Waals surface area contributed by atoms with Crippen molar-refractivity contribution in [2.24, 2.45) is 0 Å². The Hall–Kier alpha value is -2.25. The van der Waals surface area contributed by atoms with E-state index in [4.69, 9.17) is 0 Å². The number of nitrogens with zero attached hydrogens (tertiary/aromatic N) is 2. The van der Waals surface area contributed by atoms with Crippen LogP contribution in [0.3, 0.4) is 0 Å². The van der Waals surface area contributed by atoms with Gasteiger partial charge in [-0.2, -0.15) is 0 Å². The lowest BCUT2D eigenvalue weighted by Crippen LogP contribution is -2.29. The van der Waals surface area contributed by atoms with Crippen molar-refractivity contribution in [1.29, 1.82) is 0 Å². The number of amides is 1. The van der Waals surface area contributed by atoms with E-state index in [1.54, 1.807) is 22.9 Å². The third-order valence-corrected chi connectivity index (χ3v) is 5.06. The van der Waals surface area contributed by atoms with E-state index in [0.717, 1.165) is 21.3 Å². The Morgan fingerprint density at radius 1 is 1.22 bits per heavy atom. The highest BCUT2D eigenvalue weighted by atomic mass is 32.1. The summed E-state index contributed by atoms with van der Waals surface area (Å²) >= 11 is 3.11. The van der Waals surface area contributed by atoms with Gasteiger partial charge in [-0.1, -0.05) is 12.1 Å². The molecule has 3 aromatic heterocycles. The lowest BCUT2D eigenvalue weighted by atomic mass is 10.3. The number of carbonyl (C=O) groups excluding carboxylic acids is 1. The monoisotopic (exact) mass is 344 g/mol. The van der Waals surface area contributed by atoms with Gasteiger partial charge in [0.2, 0.25) is 0 Å². The highest BCUT2D eigenvalue weighted by Crippen LogP contribution is 2.27. The molecule has 0 radical (unpaired) electrons. The van der Waals surface area contributed by atoms with Crippen molar-refractivity contribution in [3.8, 4) is 9.88 Å². The fourth-order valence-corrected chi connectivity index (χ4v) is 3.62. The van der Waals surface area contributed by atoms with Crippen molar-refractivity contribution in [2.45, 2.75) is 6.92 Å². The predicted octanol–water partition coefficient (Wildman–Crippen LogP) is 3.42. The summed E-state index contributed by atoms with van der Waals surface area (Å²) in [6.45, 7) is 3.13. The SMILES string of the molecule is Cc1cccnc1NCCNC(=O)c1csc(-c2cccs2)n1. The van der Waals surface area contributed by atoms with Crippen LogP contribution in [0.1, 0.15) is 16.1 Å². The minimum Gasteiger partial charge on any atom is -0.368 e. The van der Waals surface area contributed by atoms with Crippen LogP contribution in [0.25, 0.3) is 9.88 Å². The Balaban J connectivity index is 1.49. The summed E-state index contributed by atoms with van der Waals surface area (Å²) in [4.78, 5) is 21.8. The van der Waals surface area contributed by atoms with Crippen LogP contribution in [0.15, 0.2) is 41.2 Å². The first-order valence-corrected chi connectivity index (χ1v) is 8.93. The second kappa shape index (κ2) is 7.34. The van der Waals surface area contributed by atoms with Crippen LogP contribution < -0.4 is 10.6 Å². The smallest absolute Gasteiger partial charge is 0.270 e. The summed E-state index contributed by atoms with van der Waals surface area (Å²) in [5.74, 6) is 0.694. The van der Waals surface area contributed by atoms with Crippen LogP contribution in [-0.4, -0.2) is 29.0 Å². The first kappa shape index (κ1) is 15.6. The van der Waals surface area contributed by atoms with Crippen molar-refractivity contribution in [2.75, 3.05) is 18.4 Å². The topological polar surface area (TPSA) is 66.9 Å². The summed E-state index contributed by atoms with van der Waals surface area (Å²) in [7, 11) is 0. The minimum atomic E-state index is -0.149. The number of anilines is 1. The van der Waals surface area contributed by atoms with Gasteiger partial charge >= 0.3 is 0 Å². The second-order valence-corrected chi connectivity index (χ2v) is 6.67. The van der Waals surface area contributed by atoms with E-state index < -0.39 is 0 Å². The van der Waals surface area contributed by atoms with Crippen LogP contribution in [-0.2, 0) is 0 Å². The van der Waals surface area contributed by atoms with Gasteiger partial charge in [0.25, 0.3) is 5.91 Å². The first-order chi connectivity index (χ1) is 11.2. The van der Waals surface area contributed by atoms with E-state index in [-0.39, 0.29) is 5.91 Å². The summed E-state index contributed by atoms with van der Waals surface area (Å²) in [6.07, 6.45) is 1.75. The van der Waals surface area contributed by atoms with Crippen LogP contribution in [0.4, 0.5) is 5.82 Å². The van der Waals surface area contributed by atoms with Crippen molar-refractivity contribution in [3.05, 3.63) is 52.5 Å². The molecule has 5 nitrogen and oxygen atoms in total. The maximum Gasteiger partial charge on any atom is 0.270 e. The minimum absolute atomic E-state index is 0.149. The van der Waals surface area contributed by atoms with Gasteiger partial charge in [0.05, 0.1) is 4.88 Å². The molecule has 0 spiro atoms. The zero-order valence-electron chi connectivity index (χ0n) is 12.6. The van der Waals surface area contributed by atoms with Crippen LogP contribution >= 0.6 is 22.7 Å². The summed E-state index contributed by atoms with van der Waals surface area (Å²) < 4.78 is 0. The van der Waals surface area contributed by atoms with Gasteiger partial charge in [-0.3, -0.25) is 4.79 Å². The van der Waals surface area contributed by atoms with Crippen molar-refractivity contribution >= 4 is 34.4 Å². The quantitative estimate of drug-likeness (QED) is 0.673. The summed E-state index contributed by atoms with van der Waals surface area (Å²) in [5.41, 5.74) is 1.55. The van der Waals surface area contributed by atoms with Gasteiger partial charge < -0.3 is 10.6 Å². The molecular formula is C16H16N4OS2. The van der Waals surface area contributed by atoms with Gasteiger partial charge in [-0.25, -0.2) is 9.97 Å². The maximum absolute atomic E-state index is 12.1. The standard InChI is InChI=1S/C16H16N4OS2/c1-11-4-2-6-17-14(11)18-7-8-19-15(21)12-10-23-16(20-12)13-5-3-9-22-13/h2-6,9-10H,7-8H2,1H3,(H,17,18)(H,19,21). The van der Waals surface area contributed by atoms with Crippen molar-refractivity contribution < 1.29 is 4.79 Å². The number of rotatable bonds is 6. The van der Waals surface area contributed by atoms with E-state index in [9.17, 15) is 4.79 Å². The molecule has 0 bridgehead atoms. The van der Waals surface area contributed by atoms with Crippen LogP contribution in [0.2, 0.25) is 0 Å². The van der Waals surface area contributed by atoms with E-state index in [2.05, 4.69) is 20.6 Å². The highest BCUT2D eigenvalue weighted by molar-refractivity contribution is 7.20. The Morgan fingerprint density at radius 3 is 2.91 bits per heavy atom. The molecule has 0 aliphatic carbocycles. The molecule has 0 saturated heterocycles. The van der Waals surface area contributed by atoms with E-state index in [0.29, 0.717) is 18.8 Å². The Kier molecular flexibility index (Phi) is 4.99. The molecule has 0 fully saturated rings. The van der Waals surface area contributed by atoms with E-state index in [1.807, 2.05) is 36.6 Å². The number of hydrogen-bond acceptors (Lipinski definition) is 6. The third kappa shape index (κ3) is 3.94. The second-order valence-electron chi connectivity index (χ2n) is 4.87. The molecular weight excluding hydrogens is 328 g/mol. The largest absolute Gasteiger partial charge is 0.368 e. The maximum atomic E-state index is 12.1. The van der Waals surface area contributed by atoms with Crippen LogP contribution in [0.5, 0.6) is 0 Å². The summed E-state index contributed by atoms with van der Waals surface area (Å²) in [6, 6.07) is 7.88. The lowest BCUT2D eigenvalue weighted by molar-refractivity contribution is 0.0951. The fourth-order valence-electron chi connectivity index (χ4n) is 2.01. The van der Waals surface area contributed by atoms with Gasteiger partial charge in [0.1, 0.15) is 16.5 Å². The molecule has 0 aromatic carbocycles. The zero-order valence-corrected chi connectivity index (χ0v) is 14.2. The molecule has 0 saturated carbocycles. The molecule has 0 aliphatic heterocycles. The number of aromatic nitrogens is 2. The number of nitrogens with one attached hydrogen (secondary N) is 2. The number of thiophene rings is 1. The average molecular weight is 344 g/mol. The van der Waals surface area contributed by atoms with Crippen molar-refractivity contribution in [1.82, 2.24) is 15.3 Å². The molecule has 3 heterocycles. The van der Waals surface area contributed by atoms with E-state index in [1.165, 1.54) is 11.3 Å². The number of pyridine rings is 1. The molecule has 7 heteroatoms. The molecule has 0 atom stereocenters. The fraction of sp³-hybridized carbons (Fsp3) is 0.188. The number of carbonyl (C=O) groups is 1. The van der Waals surface area contributed by atoms with E-state index >= 15 is 0 Å². The normalized spacial score (nSPS) is 10.5. The molecule has 1 amide bonds. The molecule has 3 aromatic rings. The average Bonchev–Trinajstić information content (AvgIpc) is 3.23. The Bertz CT molecular complexity index is 783. The molecule has 3 rings (SSSR count). The lowest BCUT2D eigenvalue weighted by Gasteiger charge is -2.08. The van der Waals surface area contributed by atoms with Gasteiger partial charge in [-0.05, 0) is 30.0 Å². The molecule has 118 valence electrons. The Labute approximate surface area is 142 Å². The predicted molar refractivity (Wildman–Crippen MR) is 95.2 cm³/mol. The zero-order chi connectivity index (χ0) is 16.1. The van der Waals surface area contributed by atoms with Gasteiger partial charge in [-0.15, -0.1) is 22.7 Å². The van der Waals surface area contributed by atoms with Gasteiger partial charge in [0.15, 0.2) is 0 Å². The first-order valence-electron chi connectivity index (χ1n) is 7.17. The molecule has 0 aliphatic rings.